The Balaban J connectivity index is 1.60. The van der Waals surface area contributed by atoms with Gasteiger partial charge in [-0.15, -0.1) is 0 Å². The van der Waals surface area contributed by atoms with Gasteiger partial charge >= 0.3 is 5.97 Å². The number of oxazole rings is 1. The Morgan fingerprint density at radius 3 is 2.35 bits per heavy atom. The number of carbonyl (C=O) groups is 3. The molecular weight excluding hydrogens is 338 g/mol. The highest BCUT2D eigenvalue weighted by molar-refractivity contribution is 6.21. The average Bonchev–Trinajstić information content (AvgIpc) is 3.17. The van der Waals surface area contributed by atoms with Crippen molar-refractivity contribution in [3.63, 3.8) is 0 Å². The Morgan fingerprint density at radius 2 is 1.73 bits per heavy atom. The molecule has 2 heterocycles. The van der Waals surface area contributed by atoms with Crippen LogP contribution in [0.2, 0.25) is 0 Å². The Kier molecular flexibility index (Phi) is 3.47. The second kappa shape index (κ2) is 5.69. The van der Waals surface area contributed by atoms with E-state index in [1.54, 1.807) is 37.2 Å². The molecule has 0 bridgehead atoms. The Bertz CT molecular complexity index is 1030. The summed E-state index contributed by atoms with van der Waals surface area (Å²) in [6.45, 7) is 0. The Labute approximate surface area is 147 Å². The quantitative estimate of drug-likeness (QED) is 0.668. The molecule has 0 saturated carbocycles. The van der Waals surface area contributed by atoms with Crippen LogP contribution in [0.5, 0.6) is 0 Å². The first-order valence-electron chi connectivity index (χ1n) is 7.74. The highest BCUT2D eigenvalue weighted by Gasteiger charge is 2.38. The van der Waals surface area contributed by atoms with Crippen molar-refractivity contribution < 1.29 is 23.6 Å². The van der Waals surface area contributed by atoms with Crippen molar-refractivity contribution in [2.45, 2.75) is 0 Å². The number of nitrogens with zero attached hydrogens (tertiary/aromatic N) is 3. The van der Waals surface area contributed by atoms with Gasteiger partial charge in [0.2, 0.25) is 0 Å². The van der Waals surface area contributed by atoms with Crippen molar-refractivity contribution in [3.8, 4) is 0 Å². The Hall–Kier alpha value is -3.68. The highest BCUT2D eigenvalue weighted by Crippen LogP contribution is 2.25. The monoisotopic (exact) mass is 351 g/mol. The normalized spacial score (nSPS) is 13.2. The Morgan fingerprint density at radius 1 is 1.08 bits per heavy atom. The molecule has 8 nitrogen and oxygen atoms in total. The summed E-state index contributed by atoms with van der Waals surface area (Å²) in [5.41, 5.74) is 1.50. The first-order chi connectivity index (χ1) is 12.5. The SMILES string of the molecule is CN(C)c1nc2ccc(C(=O)ON3C(=O)c4ccccc4C3=O)cc2o1. The molecule has 0 radical (unpaired) electrons. The zero-order valence-electron chi connectivity index (χ0n) is 13.9. The second-order valence-electron chi connectivity index (χ2n) is 5.90. The number of fused-ring (bicyclic) bond motifs is 2. The fourth-order valence-corrected chi connectivity index (χ4v) is 2.62. The van der Waals surface area contributed by atoms with Crippen molar-refractivity contribution in [1.82, 2.24) is 10.0 Å². The summed E-state index contributed by atoms with van der Waals surface area (Å²) in [7, 11) is 3.56. The van der Waals surface area contributed by atoms with E-state index >= 15 is 0 Å². The third kappa shape index (κ3) is 2.39. The van der Waals surface area contributed by atoms with Gasteiger partial charge in [-0.3, -0.25) is 9.59 Å². The van der Waals surface area contributed by atoms with E-state index in [-0.39, 0.29) is 16.7 Å². The van der Waals surface area contributed by atoms with E-state index < -0.39 is 17.8 Å². The standard InChI is InChI=1S/C18H13N3O5/c1-20(2)18-19-13-8-7-10(9-14(13)25-18)17(24)26-21-15(22)11-5-3-4-6-12(11)16(21)23/h3-9H,1-2H3. The highest BCUT2D eigenvalue weighted by atomic mass is 16.7. The van der Waals surface area contributed by atoms with E-state index in [0.717, 1.165) is 0 Å². The van der Waals surface area contributed by atoms with Gasteiger partial charge in [0, 0.05) is 14.1 Å². The maximum atomic E-state index is 12.4. The maximum Gasteiger partial charge on any atom is 0.364 e. The number of benzene rings is 2. The summed E-state index contributed by atoms with van der Waals surface area (Å²) in [6.07, 6.45) is 0. The van der Waals surface area contributed by atoms with E-state index in [0.29, 0.717) is 22.2 Å². The van der Waals surface area contributed by atoms with Gasteiger partial charge in [-0.05, 0) is 30.3 Å². The molecule has 4 rings (SSSR count). The molecule has 3 aromatic rings. The molecule has 0 spiro atoms. The molecule has 1 aromatic heterocycles. The van der Waals surface area contributed by atoms with E-state index in [1.807, 2.05) is 0 Å². The van der Waals surface area contributed by atoms with Crippen LogP contribution >= 0.6 is 0 Å². The lowest BCUT2D eigenvalue weighted by Crippen LogP contribution is -2.32. The van der Waals surface area contributed by atoms with Crippen molar-refractivity contribution >= 4 is 34.9 Å². The number of amides is 2. The van der Waals surface area contributed by atoms with Crippen LogP contribution in [0, 0.1) is 0 Å². The molecule has 0 atom stereocenters. The van der Waals surface area contributed by atoms with Gasteiger partial charge in [0.15, 0.2) is 5.58 Å². The van der Waals surface area contributed by atoms with Crippen LogP contribution in [-0.2, 0) is 4.84 Å². The molecule has 0 N–H and O–H groups in total. The van der Waals surface area contributed by atoms with Crippen LogP contribution in [0.3, 0.4) is 0 Å². The van der Waals surface area contributed by atoms with Crippen LogP contribution in [0.25, 0.3) is 11.1 Å². The lowest BCUT2D eigenvalue weighted by molar-refractivity contribution is -0.0584. The molecule has 8 heteroatoms. The van der Waals surface area contributed by atoms with Gasteiger partial charge in [0.25, 0.3) is 17.8 Å². The average molecular weight is 351 g/mol. The summed E-state index contributed by atoms with van der Waals surface area (Å²) in [6, 6.07) is 11.2. The minimum absolute atomic E-state index is 0.135. The number of hydrogen-bond donors (Lipinski definition) is 0. The lowest BCUT2D eigenvalue weighted by atomic mass is 10.1. The molecule has 2 aromatic carbocycles. The van der Waals surface area contributed by atoms with Gasteiger partial charge in [-0.2, -0.15) is 4.98 Å². The molecule has 2 amide bonds. The van der Waals surface area contributed by atoms with Gasteiger partial charge in [0.05, 0.1) is 16.7 Å². The van der Waals surface area contributed by atoms with Gasteiger partial charge in [-0.25, -0.2) is 4.79 Å². The maximum absolute atomic E-state index is 12.4. The summed E-state index contributed by atoms with van der Waals surface area (Å²) in [5, 5.41) is 0.475. The van der Waals surface area contributed by atoms with Crippen LogP contribution in [0.4, 0.5) is 6.01 Å². The summed E-state index contributed by atoms with van der Waals surface area (Å²) < 4.78 is 5.54. The topological polar surface area (TPSA) is 93.0 Å². The minimum Gasteiger partial charge on any atom is -0.423 e. The predicted molar refractivity (Wildman–Crippen MR) is 90.7 cm³/mol. The third-order valence-corrected chi connectivity index (χ3v) is 3.93. The minimum atomic E-state index is -0.843. The van der Waals surface area contributed by atoms with E-state index in [4.69, 9.17) is 9.25 Å². The largest absolute Gasteiger partial charge is 0.423 e. The van der Waals surface area contributed by atoms with E-state index in [1.165, 1.54) is 24.3 Å². The van der Waals surface area contributed by atoms with Crippen molar-refractivity contribution in [1.29, 1.82) is 0 Å². The molecule has 0 saturated heterocycles. The second-order valence-corrected chi connectivity index (χ2v) is 5.90. The summed E-state index contributed by atoms with van der Waals surface area (Å²) in [4.78, 5) is 47.9. The predicted octanol–water partition coefficient (Wildman–Crippen LogP) is 2.26. The van der Waals surface area contributed by atoms with Crippen LogP contribution in [0.15, 0.2) is 46.9 Å². The zero-order valence-corrected chi connectivity index (χ0v) is 13.9. The number of hydrogen-bond acceptors (Lipinski definition) is 7. The fraction of sp³-hybridized carbons (Fsp3) is 0.111. The molecule has 0 fully saturated rings. The van der Waals surface area contributed by atoms with E-state index in [9.17, 15) is 14.4 Å². The number of rotatable bonds is 3. The summed E-state index contributed by atoms with van der Waals surface area (Å²) in [5.74, 6) is -2.19. The smallest absolute Gasteiger partial charge is 0.364 e. The summed E-state index contributed by atoms with van der Waals surface area (Å²) >= 11 is 0. The van der Waals surface area contributed by atoms with E-state index in [2.05, 4.69) is 4.98 Å². The van der Waals surface area contributed by atoms with Crippen LogP contribution in [0.1, 0.15) is 31.1 Å². The molecule has 26 heavy (non-hydrogen) atoms. The third-order valence-electron chi connectivity index (χ3n) is 3.93. The van der Waals surface area contributed by atoms with Crippen molar-refractivity contribution in [2.75, 3.05) is 19.0 Å². The molecule has 1 aliphatic heterocycles. The lowest BCUT2D eigenvalue weighted by Gasteiger charge is -2.12. The molecule has 130 valence electrons. The number of hydroxylamine groups is 2. The zero-order chi connectivity index (χ0) is 18.4. The van der Waals surface area contributed by atoms with Gasteiger partial charge in [0.1, 0.15) is 5.52 Å². The first kappa shape index (κ1) is 15.8. The number of imide groups is 1. The molecular formula is C18H13N3O5. The first-order valence-corrected chi connectivity index (χ1v) is 7.74. The van der Waals surface area contributed by atoms with Gasteiger partial charge < -0.3 is 14.2 Å². The van der Waals surface area contributed by atoms with Gasteiger partial charge in [-0.1, -0.05) is 17.2 Å². The molecule has 1 aliphatic rings. The molecule has 0 aliphatic carbocycles. The number of carbonyl (C=O) groups excluding carboxylic acids is 3. The number of anilines is 1. The van der Waals surface area contributed by atoms with Crippen LogP contribution < -0.4 is 4.90 Å². The number of aromatic nitrogens is 1. The fourth-order valence-electron chi connectivity index (χ4n) is 2.62. The van der Waals surface area contributed by atoms with Crippen LogP contribution in [-0.4, -0.2) is 41.9 Å². The van der Waals surface area contributed by atoms with Crippen molar-refractivity contribution in [3.05, 3.63) is 59.2 Å². The molecule has 0 unspecified atom stereocenters. The van der Waals surface area contributed by atoms with Crippen molar-refractivity contribution in [2.24, 2.45) is 0 Å².